The van der Waals surface area contributed by atoms with Crippen molar-refractivity contribution in [2.24, 2.45) is 0 Å². The zero-order valence-corrected chi connectivity index (χ0v) is 5.45. The molecule has 1 fully saturated rings. The van der Waals surface area contributed by atoms with Crippen LogP contribution in [0.4, 0.5) is 4.79 Å². The van der Waals surface area contributed by atoms with Crippen molar-refractivity contribution in [2.45, 2.75) is 6.23 Å². The van der Waals surface area contributed by atoms with E-state index in [0.717, 1.165) is 0 Å². The fourth-order valence-electron chi connectivity index (χ4n) is 0.869. The van der Waals surface area contributed by atoms with Gasteiger partial charge in [0.1, 0.15) is 0 Å². The second kappa shape index (κ2) is 2.85. The average Bonchev–Trinajstić information content (AvgIpc) is 2.34. The maximum atomic E-state index is 10.7. The van der Waals surface area contributed by atoms with Crippen LogP contribution >= 0.6 is 0 Å². The van der Waals surface area contributed by atoms with Gasteiger partial charge in [0.15, 0.2) is 6.23 Å². The maximum absolute atomic E-state index is 10.7. The minimum Gasteiger partial charge on any atom is -0.392 e. The van der Waals surface area contributed by atoms with Gasteiger partial charge in [0.2, 0.25) is 0 Å². The predicted octanol–water partition coefficient (Wildman–Crippen LogP) is -1.68. The van der Waals surface area contributed by atoms with E-state index < -0.39 is 12.8 Å². The Bertz CT molecular complexity index is 139. The minimum atomic E-state index is -1.05. The number of nitrogens with one attached hydrogen (secondary N) is 1. The van der Waals surface area contributed by atoms with Gasteiger partial charge in [0.25, 0.3) is 0 Å². The molecule has 1 atom stereocenters. The second-order valence-electron chi connectivity index (χ2n) is 2.09. The van der Waals surface area contributed by atoms with E-state index in [1.807, 2.05) is 0 Å². The van der Waals surface area contributed by atoms with Gasteiger partial charge in [-0.05, 0) is 0 Å². The van der Waals surface area contributed by atoms with Crippen molar-refractivity contribution in [2.75, 3.05) is 19.7 Å². The first-order valence-electron chi connectivity index (χ1n) is 3.09. The summed E-state index contributed by atoms with van der Waals surface area (Å²) in [7, 11) is 0. The van der Waals surface area contributed by atoms with Crippen molar-refractivity contribution < 1.29 is 15.0 Å². The first-order chi connectivity index (χ1) is 4.75. The third-order valence-electron chi connectivity index (χ3n) is 1.41. The van der Waals surface area contributed by atoms with Crippen LogP contribution in [0.15, 0.2) is 0 Å². The Morgan fingerprint density at radius 1 is 1.80 bits per heavy atom. The van der Waals surface area contributed by atoms with Crippen molar-refractivity contribution in [3.05, 3.63) is 0 Å². The lowest BCUT2D eigenvalue weighted by Gasteiger charge is -2.18. The summed E-state index contributed by atoms with van der Waals surface area (Å²) in [4.78, 5) is 11.9. The molecule has 1 heterocycles. The molecule has 1 aliphatic heterocycles. The number of aliphatic hydroxyl groups is 2. The number of rotatable bonds is 2. The summed E-state index contributed by atoms with van der Waals surface area (Å²) in [6.45, 7) is 0.587. The highest BCUT2D eigenvalue weighted by atomic mass is 16.3. The zero-order valence-electron chi connectivity index (χ0n) is 5.45. The van der Waals surface area contributed by atoms with Gasteiger partial charge in [-0.1, -0.05) is 0 Å². The predicted molar refractivity (Wildman–Crippen MR) is 33.2 cm³/mol. The Hall–Kier alpha value is -0.810. The Labute approximate surface area is 58.3 Å². The van der Waals surface area contributed by atoms with Crippen molar-refractivity contribution in [3.8, 4) is 0 Å². The van der Waals surface area contributed by atoms with E-state index in [-0.39, 0.29) is 6.03 Å². The van der Waals surface area contributed by atoms with Crippen molar-refractivity contribution in [1.82, 2.24) is 10.2 Å². The molecule has 0 radical (unpaired) electrons. The average molecular weight is 146 g/mol. The van der Waals surface area contributed by atoms with Crippen LogP contribution in [0.3, 0.4) is 0 Å². The maximum Gasteiger partial charge on any atom is 0.319 e. The lowest BCUT2D eigenvalue weighted by Crippen LogP contribution is -2.40. The van der Waals surface area contributed by atoms with Crippen molar-refractivity contribution in [3.63, 3.8) is 0 Å². The van der Waals surface area contributed by atoms with Gasteiger partial charge in [0.05, 0.1) is 6.61 Å². The summed E-state index contributed by atoms with van der Waals surface area (Å²) in [5, 5.41) is 19.9. The van der Waals surface area contributed by atoms with Gasteiger partial charge in [-0.15, -0.1) is 0 Å². The highest BCUT2D eigenvalue weighted by molar-refractivity contribution is 5.76. The monoisotopic (exact) mass is 146 g/mol. The van der Waals surface area contributed by atoms with E-state index in [0.29, 0.717) is 13.1 Å². The Morgan fingerprint density at radius 2 is 2.50 bits per heavy atom. The Kier molecular flexibility index (Phi) is 2.08. The van der Waals surface area contributed by atoms with Gasteiger partial charge in [-0.3, -0.25) is 4.90 Å². The Morgan fingerprint density at radius 3 is 2.90 bits per heavy atom. The largest absolute Gasteiger partial charge is 0.392 e. The molecular formula is C5H10N2O3. The number of amides is 2. The summed E-state index contributed by atoms with van der Waals surface area (Å²) in [6.07, 6.45) is -1.05. The van der Waals surface area contributed by atoms with Gasteiger partial charge < -0.3 is 15.5 Å². The van der Waals surface area contributed by atoms with E-state index in [9.17, 15) is 4.79 Å². The number of urea groups is 1. The van der Waals surface area contributed by atoms with Gasteiger partial charge in [-0.25, -0.2) is 4.79 Å². The summed E-state index contributed by atoms with van der Waals surface area (Å²) < 4.78 is 0. The SMILES string of the molecule is O=C1NCCN1C(O)CO. The summed E-state index contributed by atoms with van der Waals surface area (Å²) in [5.74, 6) is 0. The van der Waals surface area contributed by atoms with Gasteiger partial charge in [0, 0.05) is 13.1 Å². The number of aliphatic hydroxyl groups excluding tert-OH is 2. The molecule has 0 saturated carbocycles. The van der Waals surface area contributed by atoms with Crippen molar-refractivity contribution in [1.29, 1.82) is 0 Å². The lowest BCUT2D eigenvalue weighted by atomic mass is 10.5. The van der Waals surface area contributed by atoms with Crippen LogP contribution in [0.1, 0.15) is 0 Å². The molecule has 0 aromatic rings. The van der Waals surface area contributed by atoms with Crippen LogP contribution in [0, 0.1) is 0 Å². The van der Waals surface area contributed by atoms with Crippen LogP contribution in [0.5, 0.6) is 0 Å². The molecule has 0 spiro atoms. The Balaban J connectivity index is 2.46. The smallest absolute Gasteiger partial charge is 0.319 e. The lowest BCUT2D eigenvalue weighted by molar-refractivity contribution is -0.000770. The molecule has 1 saturated heterocycles. The molecule has 0 aliphatic carbocycles. The summed E-state index contributed by atoms with van der Waals surface area (Å²) >= 11 is 0. The topological polar surface area (TPSA) is 72.8 Å². The molecule has 0 aromatic carbocycles. The second-order valence-corrected chi connectivity index (χ2v) is 2.09. The third kappa shape index (κ3) is 1.19. The molecule has 2 amide bonds. The normalized spacial score (nSPS) is 21.0. The van der Waals surface area contributed by atoms with Gasteiger partial charge >= 0.3 is 6.03 Å². The molecule has 5 nitrogen and oxygen atoms in total. The van der Waals surface area contributed by atoms with E-state index in [2.05, 4.69) is 5.32 Å². The third-order valence-corrected chi connectivity index (χ3v) is 1.41. The molecule has 1 aliphatic rings. The van der Waals surface area contributed by atoms with Crippen molar-refractivity contribution >= 4 is 6.03 Å². The molecule has 1 unspecified atom stereocenters. The van der Waals surface area contributed by atoms with Crippen LogP contribution in [0.2, 0.25) is 0 Å². The highest BCUT2D eigenvalue weighted by Gasteiger charge is 2.24. The quantitative estimate of drug-likeness (QED) is 0.436. The minimum absolute atomic E-state index is 0.318. The molecule has 0 aromatic heterocycles. The van der Waals surface area contributed by atoms with Crippen LogP contribution in [0.25, 0.3) is 0 Å². The van der Waals surface area contributed by atoms with E-state index >= 15 is 0 Å². The number of hydrogen-bond donors (Lipinski definition) is 3. The van der Waals surface area contributed by atoms with Crippen LogP contribution in [-0.2, 0) is 0 Å². The van der Waals surface area contributed by atoms with E-state index in [4.69, 9.17) is 10.2 Å². The molecular weight excluding hydrogens is 136 g/mol. The first kappa shape index (κ1) is 7.30. The molecule has 58 valence electrons. The molecule has 1 rings (SSSR count). The summed E-state index contributed by atoms with van der Waals surface area (Å²) in [6, 6.07) is -0.318. The standard InChI is InChI=1S/C5H10N2O3/c8-3-4(9)7-2-1-6-5(7)10/h4,8-9H,1-3H2,(H,6,10). The number of carbonyl (C=O) groups is 1. The van der Waals surface area contributed by atoms with E-state index in [1.165, 1.54) is 4.90 Å². The van der Waals surface area contributed by atoms with Crippen LogP contribution < -0.4 is 5.32 Å². The van der Waals surface area contributed by atoms with Crippen LogP contribution in [-0.4, -0.2) is 47.1 Å². The first-order valence-corrected chi connectivity index (χ1v) is 3.09. The fourth-order valence-corrected chi connectivity index (χ4v) is 0.869. The number of hydrogen-bond acceptors (Lipinski definition) is 3. The molecule has 5 heteroatoms. The molecule has 3 N–H and O–H groups in total. The summed E-state index contributed by atoms with van der Waals surface area (Å²) in [5.41, 5.74) is 0. The molecule has 10 heavy (non-hydrogen) atoms. The number of carbonyl (C=O) groups excluding carboxylic acids is 1. The number of nitrogens with zero attached hydrogens (tertiary/aromatic N) is 1. The highest BCUT2D eigenvalue weighted by Crippen LogP contribution is 2.00. The van der Waals surface area contributed by atoms with Gasteiger partial charge in [-0.2, -0.15) is 0 Å². The van der Waals surface area contributed by atoms with E-state index in [1.54, 1.807) is 0 Å². The molecule has 0 bridgehead atoms. The zero-order chi connectivity index (χ0) is 7.56. The fraction of sp³-hybridized carbons (Fsp3) is 0.800.